The van der Waals surface area contributed by atoms with Crippen molar-refractivity contribution < 1.29 is 9.47 Å². The molecule has 1 aliphatic heterocycles. The molecule has 0 spiro atoms. The van der Waals surface area contributed by atoms with Gasteiger partial charge in [-0.1, -0.05) is 26.0 Å². The van der Waals surface area contributed by atoms with Crippen LogP contribution in [-0.2, 0) is 4.74 Å². The molecule has 0 saturated carbocycles. The molecule has 1 fully saturated rings. The molecular weight excluding hydrogens is 224 g/mol. The molecule has 1 aromatic rings. The van der Waals surface area contributed by atoms with E-state index in [0.29, 0.717) is 18.1 Å². The normalized spacial score (nSPS) is 24.1. The number of epoxide rings is 1. The Morgan fingerprint density at radius 1 is 1.11 bits per heavy atom. The van der Waals surface area contributed by atoms with Crippen LogP contribution in [0.15, 0.2) is 24.3 Å². The van der Waals surface area contributed by atoms with E-state index in [2.05, 4.69) is 38.1 Å². The van der Waals surface area contributed by atoms with Crippen LogP contribution in [0.5, 0.6) is 5.75 Å². The fourth-order valence-corrected chi connectivity index (χ4v) is 2.38. The molecule has 3 atom stereocenters. The molecule has 18 heavy (non-hydrogen) atoms. The number of ether oxygens (including phenoxy) is 2. The van der Waals surface area contributed by atoms with Crippen LogP contribution in [0.3, 0.4) is 0 Å². The number of hydrogen-bond donors (Lipinski definition) is 0. The fraction of sp³-hybridized carbons (Fsp3) is 0.625. The van der Waals surface area contributed by atoms with Gasteiger partial charge in [-0.15, -0.1) is 0 Å². The Morgan fingerprint density at radius 2 is 1.78 bits per heavy atom. The maximum Gasteiger partial charge on any atom is 0.119 e. The second-order valence-corrected chi connectivity index (χ2v) is 5.49. The summed E-state index contributed by atoms with van der Waals surface area (Å²) in [5.74, 6) is 1.51. The topological polar surface area (TPSA) is 21.8 Å². The van der Waals surface area contributed by atoms with Gasteiger partial charge in [-0.3, -0.25) is 0 Å². The lowest BCUT2D eigenvalue weighted by atomic mass is 9.95. The summed E-state index contributed by atoms with van der Waals surface area (Å²) in [6, 6.07) is 8.48. The van der Waals surface area contributed by atoms with Gasteiger partial charge in [0.05, 0.1) is 18.3 Å². The summed E-state index contributed by atoms with van der Waals surface area (Å²) >= 11 is 0. The second kappa shape index (κ2) is 5.75. The average Bonchev–Trinajstić information content (AvgIpc) is 3.07. The van der Waals surface area contributed by atoms with Crippen LogP contribution in [-0.4, -0.2) is 18.3 Å². The highest BCUT2D eigenvalue weighted by Crippen LogP contribution is 2.34. The molecule has 0 bridgehead atoms. The number of hydrogen-bond acceptors (Lipinski definition) is 2. The molecular formula is C16H24O2. The Labute approximate surface area is 110 Å². The monoisotopic (exact) mass is 248 g/mol. The first kappa shape index (κ1) is 13.4. The minimum absolute atomic E-state index is 0.235. The first-order valence-electron chi connectivity index (χ1n) is 7.02. The van der Waals surface area contributed by atoms with Gasteiger partial charge in [0.15, 0.2) is 0 Å². The van der Waals surface area contributed by atoms with E-state index in [1.165, 1.54) is 5.56 Å². The minimum atomic E-state index is 0.235. The van der Waals surface area contributed by atoms with Crippen LogP contribution < -0.4 is 4.74 Å². The predicted octanol–water partition coefficient (Wildman–Crippen LogP) is 4.14. The van der Waals surface area contributed by atoms with Crippen molar-refractivity contribution in [1.29, 1.82) is 0 Å². The predicted molar refractivity (Wildman–Crippen MR) is 74.2 cm³/mol. The largest absolute Gasteiger partial charge is 0.491 e. The van der Waals surface area contributed by atoms with Crippen LogP contribution in [0.2, 0.25) is 0 Å². The zero-order valence-electron chi connectivity index (χ0n) is 11.8. The van der Waals surface area contributed by atoms with E-state index in [1.54, 1.807) is 0 Å². The van der Waals surface area contributed by atoms with Crippen molar-refractivity contribution in [1.82, 2.24) is 0 Å². The third-order valence-corrected chi connectivity index (χ3v) is 3.50. The highest BCUT2D eigenvalue weighted by Gasteiger charge is 2.37. The Kier molecular flexibility index (Phi) is 4.28. The Bertz CT molecular complexity index is 369. The maximum absolute atomic E-state index is 5.65. The van der Waals surface area contributed by atoms with Gasteiger partial charge < -0.3 is 9.47 Å². The van der Waals surface area contributed by atoms with Gasteiger partial charge in [-0.2, -0.15) is 0 Å². The smallest absolute Gasteiger partial charge is 0.119 e. The van der Waals surface area contributed by atoms with E-state index >= 15 is 0 Å². The molecule has 1 saturated heterocycles. The van der Waals surface area contributed by atoms with Gasteiger partial charge in [0, 0.05) is 0 Å². The summed E-state index contributed by atoms with van der Waals surface area (Å²) in [5, 5.41) is 0. The molecule has 2 rings (SSSR count). The van der Waals surface area contributed by atoms with E-state index in [-0.39, 0.29) is 6.10 Å². The highest BCUT2D eigenvalue weighted by molar-refractivity contribution is 5.29. The first-order chi connectivity index (χ1) is 8.60. The van der Waals surface area contributed by atoms with Crippen molar-refractivity contribution in [3.63, 3.8) is 0 Å². The zero-order chi connectivity index (χ0) is 13.1. The summed E-state index contributed by atoms with van der Waals surface area (Å²) in [6.07, 6.45) is 3.49. The van der Waals surface area contributed by atoms with Gasteiger partial charge in [0.2, 0.25) is 0 Å². The van der Waals surface area contributed by atoms with E-state index in [0.717, 1.165) is 18.6 Å². The quantitative estimate of drug-likeness (QED) is 0.706. The van der Waals surface area contributed by atoms with Crippen molar-refractivity contribution in [3.05, 3.63) is 29.8 Å². The van der Waals surface area contributed by atoms with Gasteiger partial charge in [0.1, 0.15) is 5.75 Å². The Morgan fingerprint density at radius 3 is 2.28 bits per heavy atom. The van der Waals surface area contributed by atoms with Crippen molar-refractivity contribution in [3.8, 4) is 5.75 Å². The Hall–Kier alpha value is -1.02. The first-order valence-corrected chi connectivity index (χ1v) is 7.02. The van der Waals surface area contributed by atoms with E-state index in [1.807, 2.05) is 13.8 Å². The summed E-state index contributed by atoms with van der Waals surface area (Å²) in [6.45, 7) is 8.55. The van der Waals surface area contributed by atoms with Crippen LogP contribution in [0.1, 0.15) is 52.0 Å². The molecule has 0 aromatic heterocycles. The van der Waals surface area contributed by atoms with Crippen molar-refractivity contribution in [2.24, 2.45) is 0 Å². The lowest BCUT2D eigenvalue weighted by Crippen LogP contribution is -2.06. The van der Waals surface area contributed by atoms with Crippen molar-refractivity contribution >= 4 is 0 Å². The number of benzene rings is 1. The Balaban J connectivity index is 1.88. The lowest BCUT2D eigenvalue weighted by molar-refractivity contribution is 0.242. The average molecular weight is 248 g/mol. The van der Waals surface area contributed by atoms with Crippen LogP contribution >= 0.6 is 0 Å². The molecule has 2 nitrogen and oxygen atoms in total. The molecule has 0 aliphatic carbocycles. The van der Waals surface area contributed by atoms with Crippen LogP contribution in [0.25, 0.3) is 0 Å². The molecule has 2 heteroatoms. The van der Waals surface area contributed by atoms with Crippen molar-refractivity contribution in [2.45, 2.75) is 64.8 Å². The number of rotatable bonds is 6. The third-order valence-electron chi connectivity index (χ3n) is 3.50. The molecule has 3 unspecified atom stereocenters. The molecule has 1 aliphatic rings. The molecule has 0 N–H and O–H groups in total. The standard InChI is InChI=1S/C16H24O2/c1-5-15-16(18-15)10-12(4)13-6-8-14(9-7-13)17-11(2)3/h6-9,11-12,15-16H,5,10H2,1-4H3. The van der Waals surface area contributed by atoms with Gasteiger partial charge in [-0.25, -0.2) is 0 Å². The molecule has 1 heterocycles. The van der Waals surface area contributed by atoms with Gasteiger partial charge in [-0.05, 0) is 50.3 Å². The maximum atomic E-state index is 5.65. The SMILES string of the molecule is CCC1OC1CC(C)c1ccc(OC(C)C)cc1. The molecule has 100 valence electrons. The van der Waals surface area contributed by atoms with E-state index < -0.39 is 0 Å². The fourth-order valence-electron chi connectivity index (χ4n) is 2.38. The van der Waals surface area contributed by atoms with E-state index in [9.17, 15) is 0 Å². The molecule has 0 radical (unpaired) electrons. The minimum Gasteiger partial charge on any atom is -0.491 e. The lowest BCUT2D eigenvalue weighted by Gasteiger charge is -2.13. The third kappa shape index (κ3) is 3.49. The molecule has 0 amide bonds. The molecule has 1 aromatic carbocycles. The van der Waals surface area contributed by atoms with E-state index in [4.69, 9.17) is 9.47 Å². The second-order valence-electron chi connectivity index (χ2n) is 5.49. The summed E-state index contributed by atoms with van der Waals surface area (Å²) in [7, 11) is 0. The van der Waals surface area contributed by atoms with Gasteiger partial charge >= 0.3 is 0 Å². The van der Waals surface area contributed by atoms with Crippen molar-refractivity contribution in [2.75, 3.05) is 0 Å². The van der Waals surface area contributed by atoms with Crippen LogP contribution in [0.4, 0.5) is 0 Å². The zero-order valence-corrected chi connectivity index (χ0v) is 11.8. The summed E-state index contributed by atoms with van der Waals surface area (Å²) in [4.78, 5) is 0. The van der Waals surface area contributed by atoms with Gasteiger partial charge in [0.25, 0.3) is 0 Å². The summed E-state index contributed by atoms with van der Waals surface area (Å²) in [5.41, 5.74) is 1.37. The highest BCUT2D eigenvalue weighted by atomic mass is 16.6. The summed E-state index contributed by atoms with van der Waals surface area (Å²) < 4.78 is 11.3. The van der Waals surface area contributed by atoms with Crippen LogP contribution in [0, 0.1) is 0 Å².